The number of hydrogen-bond acceptors (Lipinski definition) is 2. The van der Waals surface area contributed by atoms with Crippen LogP contribution in [-0.4, -0.2) is 23.9 Å². The van der Waals surface area contributed by atoms with Gasteiger partial charge in [-0.15, -0.1) is 0 Å². The van der Waals surface area contributed by atoms with E-state index in [9.17, 15) is 9.50 Å². The molecule has 0 bridgehead atoms. The molecule has 0 amide bonds. The molecule has 0 aliphatic heterocycles. The Balaban J connectivity index is 2.35. The Bertz CT molecular complexity index is 121. The second-order valence-corrected chi connectivity index (χ2v) is 3.53. The Labute approximate surface area is 66.6 Å². The number of hydrogen-bond donors (Lipinski definition) is 2. The monoisotopic (exact) mass is 161 g/mol. The summed E-state index contributed by atoms with van der Waals surface area (Å²) in [5.74, 6) is 0.168. The van der Waals surface area contributed by atoms with Gasteiger partial charge in [0, 0.05) is 6.54 Å². The van der Waals surface area contributed by atoms with Gasteiger partial charge in [-0.2, -0.15) is 0 Å². The molecular weight excluding hydrogens is 145 g/mol. The third kappa shape index (κ3) is 2.14. The maximum Gasteiger partial charge on any atom is 0.0922 e. The van der Waals surface area contributed by atoms with Crippen LogP contribution >= 0.6 is 0 Å². The van der Waals surface area contributed by atoms with Gasteiger partial charge in [-0.1, -0.05) is 0 Å². The number of nitrogens with two attached hydrogens (primary N) is 1. The van der Waals surface area contributed by atoms with Crippen LogP contribution in [0.5, 0.6) is 0 Å². The van der Waals surface area contributed by atoms with Gasteiger partial charge >= 0.3 is 0 Å². The molecule has 0 saturated heterocycles. The predicted octanol–water partition coefficient (Wildman–Crippen LogP) is 0.836. The van der Waals surface area contributed by atoms with Gasteiger partial charge < -0.3 is 10.8 Å². The van der Waals surface area contributed by atoms with E-state index in [4.69, 9.17) is 5.73 Å². The smallest absolute Gasteiger partial charge is 0.0922 e. The van der Waals surface area contributed by atoms with Crippen molar-refractivity contribution in [2.24, 2.45) is 11.7 Å². The fourth-order valence-electron chi connectivity index (χ4n) is 1.57. The molecule has 1 aliphatic rings. The molecule has 1 saturated carbocycles. The average molecular weight is 161 g/mol. The molecule has 0 aromatic rings. The van der Waals surface area contributed by atoms with Gasteiger partial charge in [-0.3, -0.25) is 4.39 Å². The first-order valence-corrected chi connectivity index (χ1v) is 4.18. The molecule has 0 aromatic heterocycles. The zero-order valence-corrected chi connectivity index (χ0v) is 6.72. The van der Waals surface area contributed by atoms with Gasteiger partial charge in [-0.05, 0) is 31.6 Å². The van der Waals surface area contributed by atoms with Crippen LogP contribution in [-0.2, 0) is 0 Å². The van der Waals surface area contributed by atoms with Gasteiger partial charge in [0.25, 0.3) is 0 Å². The summed E-state index contributed by atoms with van der Waals surface area (Å²) >= 11 is 0. The van der Waals surface area contributed by atoms with Crippen LogP contribution < -0.4 is 5.73 Å². The number of rotatable bonds is 2. The van der Waals surface area contributed by atoms with E-state index in [0.29, 0.717) is 19.4 Å². The lowest BCUT2D eigenvalue weighted by Crippen LogP contribution is -2.41. The Morgan fingerprint density at radius 1 is 1.45 bits per heavy atom. The third-order valence-corrected chi connectivity index (χ3v) is 2.63. The van der Waals surface area contributed by atoms with E-state index in [2.05, 4.69) is 0 Å². The first-order chi connectivity index (χ1) is 5.20. The maximum atomic E-state index is 12.1. The van der Waals surface area contributed by atoms with Crippen LogP contribution in [0.15, 0.2) is 0 Å². The molecule has 1 fully saturated rings. The molecular formula is C8H16FNO. The molecule has 2 nitrogen and oxygen atoms in total. The van der Waals surface area contributed by atoms with Crippen LogP contribution in [0.25, 0.3) is 0 Å². The summed E-state index contributed by atoms with van der Waals surface area (Å²) in [6.45, 7) is 0.0622. The molecule has 1 aliphatic carbocycles. The summed E-state index contributed by atoms with van der Waals surface area (Å²) in [5, 5.41) is 9.65. The Morgan fingerprint density at radius 2 is 2.00 bits per heavy atom. The first-order valence-electron chi connectivity index (χ1n) is 4.18. The van der Waals surface area contributed by atoms with Gasteiger partial charge in [0.1, 0.15) is 0 Å². The molecule has 0 aromatic carbocycles. The summed E-state index contributed by atoms with van der Waals surface area (Å²) in [6, 6.07) is 0. The molecule has 3 N–H and O–H groups in total. The standard InChI is InChI=1S/C8H16FNO/c9-5-7-1-3-8(11,6-10)4-2-7/h7,11H,1-6,10H2. The van der Waals surface area contributed by atoms with Crippen molar-refractivity contribution < 1.29 is 9.50 Å². The molecule has 0 unspecified atom stereocenters. The van der Waals surface area contributed by atoms with Crippen molar-refractivity contribution in [3.63, 3.8) is 0 Å². The maximum absolute atomic E-state index is 12.1. The zero-order chi connectivity index (χ0) is 8.32. The third-order valence-electron chi connectivity index (χ3n) is 2.63. The van der Waals surface area contributed by atoms with Crippen molar-refractivity contribution >= 4 is 0 Å². The van der Waals surface area contributed by atoms with Crippen molar-refractivity contribution in [3.8, 4) is 0 Å². The van der Waals surface area contributed by atoms with Crippen molar-refractivity contribution in [1.82, 2.24) is 0 Å². The predicted molar refractivity (Wildman–Crippen MR) is 41.9 cm³/mol. The lowest BCUT2D eigenvalue weighted by molar-refractivity contribution is -0.00385. The number of halogens is 1. The zero-order valence-electron chi connectivity index (χ0n) is 6.72. The highest BCUT2D eigenvalue weighted by Gasteiger charge is 2.31. The van der Waals surface area contributed by atoms with E-state index >= 15 is 0 Å². The molecule has 0 radical (unpaired) electrons. The van der Waals surface area contributed by atoms with Crippen molar-refractivity contribution in [3.05, 3.63) is 0 Å². The second-order valence-electron chi connectivity index (χ2n) is 3.53. The molecule has 3 heteroatoms. The number of alkyl halides is 1. The van der Waals surface area contributed by atoms with E-state index in [0.717, 1.165) is 12.8 Å². The van der Waals surface area contributed by atoms with Crippen LogP contribution in [0, 0.1) is 5.92 Å². The lowest BCUT2D eigenvalue weighted by atomic mass is 9.79. The summed E-state index contributed by atoms with van der Waals surface area (Å²) < 4.78 is 12.1. The molecule has 0 spiro atoms. The minimum Gasteiger partial charge on any atom is -0.389 e. The summed E-state index contributed by atoms with van der Waals surface area (Å²) in [6.07, 6.45) is 2.89. The molecule has 11 heavy (non-hydrogen) atoms. The van der Waals surface area contributed by atoms with Crippen LogP contribution in [0.1, 0.15) is 25.7 Å². The minimum absolute atomic E-state index is 0.168. The summed E-state index contributed by atoms with van der Waals surface area (Å²) in [5.41, 5.74) is 4.69. The topological polar surface area (TPSA) is 46.2 Å². The fraction of sp³-hybridized carbons (Fsp3) is 1.00. The fourth-order valence-corrected chi connectivity index (χ4v) is 1.57. The van der Waals surface area contributed by atoms with Crippen molar-refractivity contribution in [1.29, 1.82) is 0 Å². The highest BCUT2D eigenvalue weighted by molar-refractivity contribution is 4.85. The van der Waals surface area contributed by atoms with Crippen LogP contribution in [0.2, 0.25) is 0 Å². The quantitative estimate of drug-likeness (QED) is 0.630. The van der Waals surface area contributed by atoms with E-state index < -0.39 is 5.60 Å². The van der Waals surface area contributed by atoms with Gasteiger partial charge in [0.15, 0.2) is 0 Å². The lowest BCUT2D eigenvalue weighted by Gasteiger charge is -2.33. The van der Waals surface area contributed by atoms with E-state index in [1.165, 1.54) is 0 Å². The van der Waals surface area contributed by atoms with Crippen LogP contribution in [0.3, 0.4) is 0 Å². The SMILES string of the molecule is NCC1(O)CCC(CF)CC1. The van der Waals surface area contributed by atoms with Crippen LogP contribution in [0.4, 0.5) is 4.39 Å². The largest absolute Gasteiger partial charge is 0.389 e. The van der Waals surface area contributed by atoms with Crippen molar-refractivity contribution in [2.45, 2.75) is 31.3 Å². The Morgan fingerprint density at radius 3 is 2.36 bits per heavy atom. The minimum atomic E-state index is -0.689. The van der Waals surface area contributed by atoms with E-state index in [1.807, 2.05) is 0 Å². The van der Waals surface area contributed by atoms with Gasteiger partial charge in [0.05, 0.1) is 12.3 Å². The molecule has 1 rings (SSSR count). The molecule has 0 atom stereocenters. The molecule has 66 valence electrons. The first kappa shape index (κ1) is 8.94. The van der Waals surface area contributed by atoms with Gasteiger partial charge in [0.2, 0.25) is 0 Å². The van der Waals surface area contributed by atoms with Crippen molar-refractivity contribution in [2.75, 3.05) is 13.2 Å². The highest BCUT2D eigenvalue weighted by atomic mass is 19.1. The Hall–Kier alpha value is -0.150. The molecule has 0 heterocycles. The summed E-state index contributed by atoms with van der Waals surface area (Å²) in [4.78, 5) is 0. The second kappa shape index (κ2) is 3.50. The van der Waals surface area contributed by atoms with E-state index in [-0.39, 0.29) is 12.6 Å². The Kier molecular flexibility index (Phi) is 2.84. The van der Waals surface area contributed by atoms with E-state index in [1.54, 1.807) is 0 Å². The summed E-state index contributed by atoms with van der Waals surface area (Å²) in [7, 11) is 0. The van der Waals surface area contributed by atoms with Gasteiger partial charge in [-0.25, -0.2) is 0 Å². The number of aliphatic hydroxyl groups is 1. The average Bonchev–Trinajstić information content (AvgIpc) is 2.06. The highest BCUT2D eigenvalue weighted by Crippen LogP contribution is 2.31. The normalized spacial score (nSPS) is 39.0.